The van der Waals surface area contributed by atoms with Gasteiger partial charge in [0.1, 0.15) is 12.1 Å². The van der Waals surface area contributed by atoms with E-state index in [0.29, 0.717) is 18.9 Å². The number of carboxylic acids is 1. The Labute approximate surface area is 95.4 Å². The fraction of sp³-hybridized carbons (Fsp3) is 0.818. The summed E-state index contributed by atoms with van der Waals surface area (Å²) < 4.78 is 4.79. The third kappa shape index (κ3) is 2.46. The van der Waals surface area contributed by atoms with E-state index < -0.39 is 17.6 Å². The molecule has 16 heavy (non-hydrogen) atoms. The maximum atomic E-state index is 11.4. The summed E-state index contributed by atoms with van der Waals surface area (Å²) in [5.41, 5.74) is -1.14. The number of carbonyl (C=O) groups is 2. The number of carbonyl (C=O) groups excluding carboxylic acids is 1. The Hall–Kier alpha value is -1.26. The highest BCUT2D eigenvalue weighted by molar-refractivity contribution is 5.84. The number of ether oxygens (including phenoxy) is 1. The lowest BCUT2D eigenvalue weighted by Gasteiger charge is -2.33. The van der Waals surface area contributed by atoms with Crippen LogP contribution in [0.5, 0.6) is 0 Å². The van der Waals surface area contributed by atoms with Gasteiger partial charge in [0, 0.05) is 0 Å². The van der Waals surface area contributed by atoms with E-state index in [-0.39, 0.29) is 6.61 Å². The van der Waals surface area contributed by atoms with Crippen molar-refractivity contribution in [3.8, 4) is 0 Å². The number of nitrogens with zero attached hydrogens (tertiary/aromatic N) is 1. The van der Waals surface area contributed by atoms with Crippen LogP contribution in [0.15, 0.2) is 0 Å². The lowest BCUT2D eigenvalue weighted by atomic mass is 9.90. The Kier molecular flexibility index (Phi) is 3.78. The van der Waals surface area contributed by atoms with Gasteiger partial charge in [-0.1, -0.05) is 13.8 Å². The molecule has 0 aliphatic carbocycles. The lowest BCUT2D eigenvalue weighted by molar-refractivity contribution is -0.149. The molecule has 1 aliphatic heterocycles. The second-order valence-corrected chi connectivity index (χ2v) is 4.78. The fourth-order valence-electron chi connectivity index (χ4n) is 1.77. The molecule has 1 fully saturated rings. The summed E-state index contributed by atoms with van der Waals surface area (Å²) in [6.45, 7) is 6.29. The van der Waals surface area contributed by atoms with Crippen molar-refractivity contribution in [1.82, 2.24) is 4.90 Å². The maximum absolute atomic E-state index is 11.4. The Morgan fingerprint density at radius 2 is 2.25 bits per heavy atom. The average molecular weight is 229 g/mol. The van der Waals surface area contributed by atoms with Gasteiger partial charge in [-0.25, -0.2) is 9.59 Å². The highest BCUT2D eigenvalue weighted by Gasteiger charge is 2.45. The van der Waals surface area contributed by atoms with Crippen LogP contribution in [0.1, 0.15) is 33.6 Å². The van der Waals surface area contributed by atoms with Gasteiger partial charge in [0.25, 0.3) is 0 Å². The standard InChI is InChI=1S/C11H19NO4/c1-8(2)4-5-11(3,9(13)14)12-6-7-16-10(12)15/h8H,4-7H2,1-3H3,(H,13,14). The second kappa shape index (κ2) is 4.72. The third-order valence-corrected chi connectivity index (χ3v) is 3.03. The Morgan fingerprint density at radius 1 is 1.62 bits per heavy atom. The molecule has 0 aromatic rings. The number of rotatable bonds is 5. The van der Waals surface area contributed by atoms with E-state index >= 15 is 0 Å². The van der Waals surface area contributed by atoms with Crippen LogP contribution < -0.4 is 0 Å². The molecule has 0 bridgehead atoms. The average Bonchev–Trinajstić information content (AvgIpc) is 2.61. The van der Waals surface area contributed by atoms with Gasteiger partial charge in [0.15, 0.2) is 0 Å². The van der Waals surface area contributed by atoms with Crippen molar-refractivity contribution < 1.29 is 19.4 Å². The minimum absolute atomic E-state index is 0.281. The van der Waals surface area contributed by atoms with Gasteiger partial charge < -0.3 is 9.84 Å². The van der Waals surface area contributed by atoms with E-state index in [4.69, 9.17) is 4.74 Å². The smallest absolute Gasteiger partial charge is 0.410 e. The van der Waals surface area contributed by atoms with Crippen LogP contribution in [-0.4, -0.2) is 40.8 Å². The summed E-state index contributed by atoms with van der Waals surface area (Å²) in [7, 11) is 0. The van der Waals surface area contributed by atoms with Gasteiger partial charge in [0.05, 0.1) is 6.54 Å². The number of hydrogen-bond acceptors (Lipinski definition) is 3. The van der Waals surface area contributed by atoms with E-state index in [1.807, 2.05) is 13.8 Å². The number of hydrogen-bond donors (Lipinski definition) is 1. The van der Waals surface area contributed by atoms with E-state index in [1.165, 1.54) is 4.90 Å². The van der Waals surface area contributed by atoms with Gasteiger partial charge >= 0.3 is 12.1 Å². The summed E-state index contributed by atoms with van der Waals surface area (Å²) in [6, 6.07) is 0. The van der Waals surface area contributed by atoms with Crippen LogP contribution in [-0.2, 0) is 9.53 Å². The molecular weight excluding hydrogens is 210 g/mol. The summed E-state index contributed by atoms with van der Waals surface area (Å²) in [5.74, 6) is -0.552. The zero-order chi connectivity index (χ0) is 12.3. The fourth-order valence-corrected chi connectivity index (χ4v) is 1.77. The van der Waals surface area contributed by atoms with E-state index in [1.54, 1.807) is 6.92 Å². The molecule has 1 rings (SSSR count). The monoisotopic (exact) mass is 229 g/mol. The molecule has 1 atom stereocenters. The molecule has 0 aromatic heterocycles. The molecule has 0 spiro atoms. The topological polar surface area (TPSA) is 66.8 Å². The quantitative estimate of drug-likeness (QED) is 0.779. The Balaban J connectivity index is 2.79. The van der Waals surface area contributed by atoms with Crippen LogP contribution in [0.2, 0.25) is 0 Å². The minimum atomic E-state index is -1.14. The highest BCUT2D eigenvalue weighted by atomic mass is 16.6. The van der Waals surface area contributed by atoms with E-state index in [9.17, 15) is 14.7 Å². The first-order valence-corrected chi connectivity index (χ1v) is 5.55. The first-order valence-electron chi connectivity index (χ1n) is 5.55. The molecule has 1 N–H and O–H groups in total. The van der Waals surface area contributed by atoms with Crippen LogP contribution in [0, 0.1) is 5.92 Å². The molecule has 1 heterocycles. The Morgan fingerprint density at radius 3 is 2.62 bits per heavy atom. The van der Waals surface area contributed by atoms with Gasteiger partial charge in [0.2, 0.25) is 0 Å². The lowest BCUT2D eigenvalue weighted by Crippen LogP contribution is -2.53. The van der Waals surface area contributed by atoms with Crippen LogP contribution >= 0.6 is 0 Å². The zero-order valence-corrected chi connectivity index (χ0v) is 10.0. The third-order valence-electron chi connectivity index (χ3n) is 3.03. The summed E-state index contributed by atoms with van der Waals surface area (Å²) in [4.78, 5) is 24.0. The second-order valence-electron chi connectivity index (χ2n) is 4.78. The number of cyclic esters (lactones) is 1. The van der Waals surface area contributed by atoms with Crippen molar-refractivity contribution in [3.05, 3.63) is 0 Å². The van der Waals surface area contributed by atoms with E-state index in [0.717, 1.165) is 6.42 Å². The summed E-state index contributed by atoms with van der Waals surface area (Å²) in [5, 5.41) is 9.27. The molecule has 1 amide bonds. The van der Waals surface area contributed by atoms with Crippen molar-refractivity contribution in [2.75, 3.05) is 13.2 Å². The van der Waals surface area contributed by atoms with Gasteiger partial charge in [-0.3, -0.25) is 4.90 Å². The van der Waals surface area contributed by atoms with Crippen molar-refractivity contribution in [3.63, 3.8) is 0 Å². The molecule has 1 saturated heterocycles. The molecule has 1 aliphatic rings. The van der Waals surface area contributed by atoms with Crippen molar-refractivity contribution >= 4 is 12.1 Å². The van der Waals surface area contributed by atoms with Crippen LogP contribution in [0.3, 0.4) is 0 Å². The normalized spacial score (nSPS) is 19.8. The summed E-state index contributed by atoms with van der Waals surface area (Å²) in [6.07, 6.45) is 0.704. The van der Waals surface area contributed by atoms with Crippen molar-refractivity contribution in [2.24, 2.45) is 5.92 Å². The van der Waals surface area contributed by atoms with Gasteiger partial charge in [-0.05, 0) is 25.7 Å². The largest absolute Gasteiger partial charge is 0.480 e. The molecule has 1 unspecified atom stereocenters. The molecule has 92 valence electrons. The van der Waals surface area contributed by atoms with Gasteiger partial charge in [-0.2, -0.15) is 0 Å². The molecule has 5 heteroatoms. The van der Waals surface area contributed by atoms with Crippen molar-refractivity contribution in [2.45, 2.75) is 39.2 Å². The highest BCUT2D eigenvalue weighted by Crippen LogP contribution is 2.27. The van der Waals surface area contributed by atoms with Gasteiger partial charge in [-0.15, -0.1) is 0 Å². The number of aliphatic carboxylic acids is 1. The molecular formula is C11H19NO4. The Bertz CT molecular complexity index is 290. The first kappa shape index (κ1) is 12.8. The SMILES string of the molecule is CC(C)CCC(C)(C(=O)O)N1CCOC1=O. The number of amides is 1. The predicted molar refractivity (Wildman–Crippen MR) is 58.2 cm³/mol. The minimum Gasteiger partial charge on any atom is -0.480 e. The molecule has 0 saturated carbocycles. The predicted octanol–water partition coefficient (Wildman–Crippen LogP) is 1.72. The maximum Gasteiger partial charge on any atom is 0.410 e. The van der Waals surface area contributed by atoms with Crippen LogP contribution in [0.4, 0.5) is 4.79 Å². The molecule has 0 aromatic carbocycles. The summed E-state index contributed by atoms with van der Waals surface area (Å²) >= 11 is 0. The first-order chi connectivity index (χ1) is 7.38. The van der Waals surface area contributed by atoms with Crippen LogP contribution in [0.25, 0.3) is 0 Å². The van der Waals surface area contributed by atoms with Crippen molar-refractivity contribution in [1.29, 1.82) is 0 Å². The molecule has 0 radical (unpaired) electrons. The van der Waals surface area contributed by atoms with E-state index in [2.05, 4.69) is 0 Å². The molecule has 5 nitrogen and oxygen atoms in total. The zero-order valence-electron chi connectivity index (χ0n) is 10.0. The number of carboxylic acid groups (broad SMARTS) is 1.